The zero-order valence-corrected chi connectivity index (χ0v) is 16.5. The summed E-state index contributed by atoms with van der Waals surface area (Å²) in [5.41, 5.74) is 5.52. The summed E-state index contributed by atoms with van der Waals surface area (Å²) in [4.78, 5) is 12.0. The summed E-state index contributed by atoms with van der Waals surface area (Å²) in [6, 6.07) is 9.72. The van der Waals surface area contributed by atoms with Crippen LogP contribution in [0.2, 0.25) is 0 Å². The van der Waals surface area contributed by atoms with E-state index in [1.165, 1.54) is 35.2 Å². The fourth-order valence-corrected chi connectivity index (χ4v) is 5.14. The van der Waals surface area contributed by atoms with Crippen molar-refractivity contribution in [2.24, 2.45) is 5.92 Å². The normalized spacial score (nSPS) is 22.9. The Morgan fingerprint density at radius 1 is 1.07 bits per heavy atom. The molecule has 1 atom stereocenters. The van der Waals surface area contributed by atoms with Crippen LogP contribution in [0.3, 0.4) is 0 Å². The number of piperidine rings is 1. The van der Waals surface area contributed by atoms with Gasteiger partial charge >= 0.3 is 0 Å². The van der Waals surface area contributed by atoms with Gasteiger partial charge in [0.1, 0.15) is 0 Å². The maximum absolute atomic E-state index is 9.35. The molecule has 0 bridgehead atoms. The van der Waals surface area contributed by atoms with E-state index < -0.39 is 0 Å². The lowest BCUT2D eigenvalue weighted by atomic mass is 9.91. The summed E-state index contributed by atoms with van der Waals surface area (Å²) in [5.74, 6) is 1.32. The van der Waals surface area contributed by atoms with Crippen molar-refractivity contribution in [2.75, 3.05) is 24.6 Å². The fraction of sp³-hybridized carbons (Fsp3) is 0.565. The number of hydrogen-bond donors (Lipinski definition) is 2. The molecule has 1 aromatic heterocycles. The van der Waals surface area contributed by atoms with Crippen LogP contribution in [-0.4, -0.2) is 40.8 Å². The van der Waals surface area contributed by atoms with Crippen LogP contribution in [0.25, 0.3) is 0 Å². The highest BCUT2D eigenvalue weighted by Gasteiger charge is 2.29. The highest BCUT2D eigenvalue weighted by atomic mass is 16.3. The third-order valence-electron chi connectivity index (χ3n) is 6.81. The van der Waals surface area contributed by atoms with Crippen molar-refractivity contribution in [1.29, 1.82) is 0 Å². The van der Waals surface area contributed by atoms with Crippen LogP contribution < -0.4 is 10.2 Å². The number of aromatic nitrogens is 2. The molecule has 28 heavy (non-hydrogen) atoms. The van der Waals surface area contributed by atoms with Crippen LogP contribution in [-0.2, 0) is 19.3 Å². The van der Waals surface area contributed by atoms with Crippen molar-refractivity contribution in [1.82, 2.24) is 15.3 Å². The molecule has 2 N–H and O–H groups in total. The topological polar surface area (TPSA) is 61.3 Å². The summed E-state index contributed by atoms with van der Waals surface area (Å²) in [6.07, 6.45) is 9.81. The summed E-state index contributed by atoms with van der Waals surface area (Å²) in [5, 5.41) is 13.3. The summed E-state index contributed by atoms with van der Waals surface area (Å²) in [7, 11) is 0. The van der Waals surface area contributed by atoms with Crippen molar-refractivity contribution in [2.45, 2.75) is 57.0 Å². The van der Waals surface area contributed by atoms with E-state index in [-0.39, 0.29) is 0 Å². The molecule has 3 aliphatic rings. The van der Waals surface area contributed by atoms with Gasteiger partial charge in [0.25, 0.3) is 0 Å². The lowest BCUT2D eigenvalue weighted by Gasteiger charge is -2.33. The number of nitrogens with zero attached hydrogens (tertiary/aromatic N) is 3. The molecule has 5 nitrogen and oxygen atoms in total. The first-order valence-corrected chi connectivity index (χ1v) is 10.8. The smallest absolute Gasteiger partial charge is 0.225 e. The molecule has 148 valence electrons. The average molecular weight is 379 g/mol. The molecule has 5 rings (SSSR count). The Balaban J connectivity index is 1.28. The molecule has 0 saturated carbocycles. The fourth-order valence-electron chi connectivity index (χ4n) is 5.14. The van der Waals surface area contributed by atoms with Gasteiger partial charge in [-0.05, 0) is 62.0 Å². The zero-order chi connectivity index (χ0) is 18.9. The van der Waals surface area contributed by atoms with E-state index in [1.807, 2.05) is 0 Å². The Morgan fingerprint density at radius 2 is 1.82 bits per heavy atom. The van der Waals surface area contributed by atoms with Gasteiger partial charge in [0.05, 0.1) is 5.69 Å². The molecule has 0 amide bonds. The summed E-state index contributed by atoms with van der Waals surface area (Å²) in [6.45, 7) is 2.20. The van der Waals surface area contributed by atoms with Gasteiger partial charge in [-0.3, -0.25) is 0 Å². The highest BCUT2D eigenvalue weighted by molar-refractivity contribution is 5.37. The third-order valence-corrected chi connectivity index (χ3v) is 6.81. The molecule has 1 fully saturated rings. The first-order chi connectivity index (χ1) is 13.8. The van der Waals surface area contributed by atoms with Crippen LogP contribution in [0.1, 0.15) is 54.1 Å². The van der Waals surface area contributed by atoms with E-state index in [1.54, 1.807) is 0 Å². The monoisotopic (exact) mass is 378 g/mol. The Bertz CT molecular complexity index is 806. The van der Waals surface area contributed by atoms with Gasteiger partial charge in [-0.15, -0.1) is 0 Å². The van der Waals surface area contributed by atoms with E-state index in [0.29, 0.717) is 24.6 Å². The third kappa shape index (κ3) is 3.53. The number of anilines is 1. The number of fused-ring (bicyclic) bond motifs is 2. The van der Waals surface area contributed by atoms with E-state index in [4.69, 9.17) is 9.97 Å². The highest BCUT2D eigenvalue weighted by Crippen LogP contribution is 2.32. The van der Waals surface area contributed by atoms with E-state index in [0.717, 1.165) is 51.1 Å². The van der Waals surface area contributed by atoms with Crippen molar-refractivity contribution >= 4 is 5.95 Å². The minimum atomic E-state index is 0.303. The second-order valence-corrected chi connectivity index (χ2v) is 8.67. The number of aryl methyl sites for hydroxylation is 1. The number of hydrogen-bond acceptors (Lipinski definition) is 5. The Hall–Kier alpha value is -1.98. The molecule has 1 saturated heterocycles. The molecule has 2 heterocycles. The molecular weight excluding hydrogens is 348 g/mol. The minimum Gasteiger partial charge on any atom is -0.396 e. The number of rotatable bonds is 4. The zero-order valence-electron chi connectivity index (χ0n) is 16.5. The predicted octanol–water partition coefficient (Wildman–Crippen LogP) is 2.82. The van der Waals surface area contributed by atoms with Gasteiger partial charge < -0.3 is 15.3 Å². The SMILES string of the molecule is OCC1CCN(c2ncc3c(n2)CCC[C@@H]3NC2Cc3ccccc3C2)CC1. The molecule has 1 aromatic carbocycles. The van der Waals surface area contributed by atoms with Crippen molar-refractivity contribution in [3.05, 3.63) is 52.8 Å². The Labute approximate surface area is 167 Å². The predicted molar refractivity (Wildman–Crippen MR) is 111 cm³/mol. The molecule has 0 radical (unpaired) electrons. The standard InChI is InChI=1S/C23H30N4O/c28-15-16-8-10-27(11-9-16)23-24-14-20-21(6-3-7-22(20)26-23)25-19-12-17-4-1-2-5-18(17)13-19/h1-2,4-5,14,16,19,21,25,28H,3,6-13,15H2/t21-/m0/s1. The van der Waals surface area contributed by atoms with Gasteiger partial charge in [-0.2, -0.15) is 0 Å². The first kappa shape index (κ1) is 18.1. The maximum Gasteiger partial charge on any atom is 0.225 e. The molecule has 0 spiro atoms. The van der Waals surface area contributed by atoms with Gasteiger partial charge in [-0.25, -0.2) is 9.97 Å². The maximum atomic E-state index is 9.35. The van der Waals surface area contributed by atoms with Gasteiger partial charge in [0, 0.05) is 43.5 Å². The number of benzene rings is 1. The van der Waals surface area contributed by atoms with Crippen molar-refractivity contribution in [3.8, 4) is 0 Å². The lowest BCUT2D eigenvalue weighted by Crippen LogP contribution is -2.37. The van der Waals surface area contributed by atoms with Crippen molar-refractivity contribution < 1.29 is 5.11 Å². The van der Waals surface area contributed by atoms with E-state index in [2.05, 4.69) is 40.7 Å². The van der Waals surface area contributed by atoms with Crippen LogP contribution in [0, 0.1) is 5.92 Å². The summed E-state index contributed by atoms with van der Waals surface area (Å²) < 4.78 is 0. The number of aliphatic hydroxyl groups excluding tert-OH is 1. The average Bonchev–Trinajstić information content (AvgIpc) is 3.16. The van der Waals surface area contributed by atoms with E-state index >= 15 is 0 Å². The number of nitrogens with one attached hydrogen (secondary N) is 1. The van der Waals surface area contributed by atoms with Crippen LogP contribution in [0.5, 0.6) is 0 Å². The molecule has 0 unspecified atom stereocenters. The largest absolute Gasteiger partial charge is 0.396 e. The van der Waals surface area contributed by atoms with Crippen molar-refractivity contribution in [3.63, 3.8) is 0 Å². The Morgan fingerprint density at radius 3 is 2.54 bits per heavy atom. The van der Waals surface area contributed by atoms with Crippen LogP contribution >= 0.6 is 0 Å². The van der Waals surface area contributed by atoms with Crippen LogP contribution in [0.4, 0.5) is 5.95 Å². The first-order valence-electron chi connectivity index (χ1n) is 10.8. The minimum absolute atomic E-state index is 0.303. The van der Waals surface area contributed by atoms with Gasteiger partial charge in [0.15, 0.2) is 0 Å². The summed E-state index contributed by atoms with van der Waals surface area (Å²) >= 11 is 0. The molecular formula is C23H30N4O. The molecule has 5 heteroatoms. The van der Waals surface area contributed by atoms with Crippen LogP contribution in [0.15, 0.2) is 30.5 Å². The lowest BCUT2D eigenvalue weighted by molar-refractivity contribution is 0.202. The second kappa shape index (κ2) is 7.80. The quantitative estimate of drug-likeness (QED) is 0.857. The second-order valence-electron chi connectivity index (χ2n) is 8.67. The number of aliphatic hydroxyl groups is 1. The Kier molecular flexibility index (Phi) is 5.03. The van der Waals surface area contributed by atoms with Gasteiger partial charge in [0.2, 0.25) is 5.95 Å². The van der Waals surface area contributed by atoms with Gasteiger partial charge in [-0.1, -0.05) is 24.3 Å². The molecule has 2 aromatic rings. The van der Waals surface area contributed by atoms with E-state index in [9.17, 15) is 5.11 Å². The molecule has 2 aliphatic carbocycles. The molecule has 1 aliphatic heterocycles.